The second-order valence-corrected chi connectivity index (χ2v) is 6.06. The maximum atomic E-state index is 5.56. The van der Waals surface area contributed by atoms with Crippen molar-refractivity contribution in [2.75, 3.05) is 47.5 Å². The predicted molar refractivity (Wildman–Crippen MR) is 98.8 cm³/mol. The molecule has 0 bridgehead atoms. The zero-order valence-electron chi connectivity index (χ0n) is 15.1. The van der Waals surface area contributed by atoms with Crippen LogP contribution in [0.4, 0.5) is 0 Å². The summed E-state index contributed by atoms with van der Waals surface area (Å²) >= 11 is 0. The van der Waals surface area contributed by atoms with Gasteiger partial charge >= 0.3 is 0 Å². The number of rotatable bonds is 6. The molecule has 0 aliphatic carbocycles. The molecule has 1 aliphatic heterocycles. The average molecular weight is 342 g/mol. The molecule has 2 aromatic carbocycles. The Hall–Kier alpha value is -2.24. The van der Waals surface area contributed by atoms with Crippen LogP contribution in [0.15, 0.2) is 42.5 Å². The Bertz CT molecular complexity index is 660. The van der Waals surface area contributed by atoms with Crippen molar-refractivity contribution in [3.05, 3.63) is 53.6 Å². The predicted octanol–water partition coefficient (Wildman–Crippen LogP) is 2.71. The molecule has 0 aromatic heterocycles. The SMILES string of the molecule is COc1cc([C@H](c2ccccc2)N2CCNCC2)cc(OC)c1OC. The molecule has 5 nitrogen and oxygen atoms in total. The Kier molecular flexibility index (Phi) is 5.79. The van der Waals surface area contributed by atoms with Crippen molar-refractivity contribution in [1.29, 1.82) is 0 Å². The van der Waals surface area contributed by atoms with E-state index in [0.29, 0.717) is 17.2 Å². The third-order valence-electron chi connectivity index (χ3n) is 4.63. The van der Waals surface area contributed by atoms with Crippen LogP contribution in [0.25, 0.3) is 0 Å². The summed E-state index contributed by atoms with van der Waals surface area (Å²) in [5.74, 6) is 2.00. The van der Waals surface area contributed by atoms with Gasteiger partial charge in [0, 0.05) is 26.2 Å². The van der Waals surface area contributed by atoms with E-state index >= 15 is 0 Å². The minimum Gasteiger partial charge on any atom is -0.493 e. The summed E-state index contributed by atoms with van der Waals surface area (Å²) in [6.45, 7) is 3.98. The second-order valence-electron chi connectivity index (χ2n) is 6.06. The molecular formula is C20H26N2O3. The molecule has 25 heavy (non-hydrogen) atoms. The van der Waals surface area contributed by atoms with Crippen molar-refractivity contribution < 1.29 is 14.2 Å². The molecule has 1 atom stereocenters. The van der Waals surface area contributed by atoms with Crippen molar-refractivity contribution in [3.63, 3.8) is 0 Å². The molecule has 1 saturated heterocycles. The van der Waals surface area contributed by atoms with Crippen LogP contribution in [0.5, 0.6) is 17.2 Å². The van der Waals surface area contributed by atoms with Crippen LogP contribution in [-0.2, 0) is 0 Å². The van der Waals surface area contributed by atoms with Crippen LogP contribution < -0.4 is 19.5 Å². The van der Waals surface area contributed by atoms with Gasteiger partial charge in [0.25, 0.3) is 0 Å². The van der Waals surface area contributed by atoms with Crippen molar-refractivity contribution in [1.82, 2.24) is 10.2 Å². The van der Waals surface area contributed by atoms with Gasteiger partial charge in [-0.1, -0.05) is 30.3 Å². The highest BCUT2D eigenvalue weighted by atomic mass is 16.5. The van der Waals surface area contributed by atoms with Gasteiger partial charge in [-0.25, -0.2) is 0 Å². The number of nitrogens with zero attached hydrogens (tertiary/aromatic N) is 1. The molecule has 134 valence electrons. The molecular weight excluding hydrogens is 316 g/mol. The highest BCUT2D eigenvalue weighted by molar-refractivity contribution is 5.55. The molecule has 0 spiro atoms. The summed E-state index contributed by atoms with van der Waals surface area (Å²) in [5.41, 5.74) is 2.40. The minimum absolute atomic E-state index is 0.150. The summed E-state index contributed by atoms with van der Waals surface area (Å²) in [6, 6.07) is 14.8. The zero-order chi connectivity index (χ0) is 17.6. The Morgan fingerprint density at radius 1 is 0.840 bits per heavy atom. The summed E-state index contributed by atoms with van der Waals surface area (Å²) in [5, 5.41) is 3.42. The number of benzene rings is 2. The van der Waals surface area contributed by atoms with E-state index in [2.05, 4.69) is 46.6 Å². The van der Waals surface area contributed by atoms with E-state index in [1.807, 2.05) is 6.07 Å². The smallest absolute Gasteiger partial charge is 0.203 e. The summed E-state index contributed by atoms with van der Waals surface area (Å²) in [7, 11) is 4.94. The van der Waals surface area contributed by atoms with Crippen molar-refractivity contribution >= 4 is 0 Å². The Morgan fingerprint density at radius 3 is 1.96 bits per heavy atom. The number of hydrogen-bond donors (Lipinski definition) is 1. The van der Waals surface area contributed by atoms with Gasteiger partial charge in [0.1, 0.15) is 0 Å². The van der Waals surface area contributed by atoms with Gasteiger partial charge in [-0.15, -0.1) is 0 Å². The zero-order valence-corrected chi connectivity index (χ0v) is 15.1. The molecule has 1 heterocycles. The first-order valence-corrected chi connectivity index (χ1v) is 8.58. The summed E-state index contributed by atoms with van der Waals surface area (Å²) < 4.78 is 16.6. The van der Waals surface area contributed by atoms with Gasteiger partial charge in [0.05, 0.1) is 27.4 Å². The number of nitrogens with one attached hydrogen (secondary N) is 1. The molecule has 1 aliphatic rings. The standard InChI is InChI=1S/C20H26N2O3/c1-23-17-13-16(14-18(24-2)20(17)25-3)19(15-7-5-4-6-8-15)22-11-9-21-10-12-22/h4-8,13-14,19,21H,9-12H2,1-3H3/t19-/m0/s1. The van der Waals surface area contributed by atoms with Crippen LogP contribution in [0.3, 0.4) is 0 Å². The minimum atomic E-state index is 0.150. The van der Waals surface area contributed by atoms with Crippen LogP contribution in [0, 0.1) is 0 Å². The molecule has 0 radical (unpaired) electrons. The van der Waals surface area contributed by atoms with Gasteiger partial charge in [-0.3, -0.25) is 4.90 Å². The van der Waals surface area contributed by atoms with Crippen molar-refractivity contribution in [2.24, 2.45) is 0 Å². The van der Waals surface area contributed by atoms with Gasteiger partial charge in [-0.05, 0) is 23.3 Å². The van der Waals surface area contributed by atoms with Crippen LogP contribution in [0.2, 0.25) is 0 Å². The lowest BCUT2D eigenvalue weighted by molar-refractivity contribution is 0.197. The number of methoxy groups -OCH3 is 3. The highest BCUT2D eigenvalue weighted by Gasteiger charge is 2.26. The van der Waals surface area contributed by atoms with E-state index in [4.69, 9.17) is 14.2 Å². The highest BCUT2D eigenvalue weighted by Crippen LogP contribution is 2.42. The third kappa shape index (κ3) is 3.72. The fraction of sp³-hybridized carbons (Fsp3) is 0.400. The van der Waals surface area contributed by atoms with Crippen LogP contribution >= 0.6 is 0 Å². The molecule has 5 heteroatoms. The molecule has 3 rings (SSSR count). The average Bonchev–Trinajstić information content (AvgIpc) is 2.69. The summed E-state index contributed by atoms with van der Waals surface area (Å²) in [4.78, 5) is 2.49. The monoisotopic (exact) mass is 342 g/mol. The van der Waals surface area contributed by atoms with E-state index in [9.17, 15) is 0 Å². The number of ether oxygens (including phenoxy) is 3. The summed E-state index contributed by atoms with van der Waals surface area (Å²) in [6.07, 6.45) is 0. The van der Waals surface area contributed by atoms with Gasteiger partial charge < -0.3 is 19.5 Å². The first-order chi connectivity index (χ1) is 12.3. The lowest BCUT2D eigenvalue weighted by Gasteiger charge is -2.36. The number of hydrogen-bond acceptors (Lipinski definition) is 5. The Balaban J connectivity index is 2.09. The fourth-order valence-electron chi connectivity index (χ4n) is 3.45. The largest absolute Gasteiger partial charge is 0.493 e. The van der Waals surface area contributed by atoms with E-state index in [1.54, 1.807) is 21.3 Å². The molecule has 0 amide bonds. The maximum absolute atomic E-state index is 5.56. The fourth-order valence-corrected chi connectivity index (χ4v) is 3.45. The number of piperazine rings is 1. The topological polar surface area (TPSA) is 43.0 Å². The lowest BCUT2D eigenvalue weighted by atomic mass is 9.95. The van der Waals surface area contributed by atoms with Crippen LogP contribution in [0.1, 0.15) is 17.2 Å². The Labute approximate surface area is 149 Å². The maximum Gasteiger partial charge on any atom is 0.203 e. The van der Waals surface area contributed by atoms with E-state index in [0.717, 1.165) is 31.7 Å². The van der Waals surface area contributed by atoms with Crippen LogP contribution in [-0.4, -0.2) is 52.4 Å². The molecule has 2 aromatic rings. The molecule has 1 fully saturated rings. The van der Waals surface area contributed by atoms with E-state index in [-0.39, 0.29) is 6.04 Å². The first kappa shape index (κ1) is 17.6. The van der Waals surface area contributed by atoms with Gasteiger partial charge in [0.2, 0.25) is 5.75 Å². The molecule has 0 saturated carbocycles. The second kappa shape index (κ2) is 8.23. The first-order valence-electron chi connectivity index (χ1n) is 8.58. The van der Waals surface area contributed by atoms with Gasteiger partial charge in [0.15, 0.2) is 11.5 Å². The Morgan fingerprint density at radius 2 is 1.44 bits per heavy atom. The van der Waals surface area contributed by atoms with E-state index < -0.39 is 0 Å². The third-order valence-corrected chi connectivity index (χ3v) is 4.63. The van der Waals surface area contributed by atoms with E-state index in [1.165, 1.54) is 5.56 Å². The van der Waals surface area contributed by atoms with Crippen molar-refractivity contribution in [3.8, 4) is 17.2 Å². The van der Waals surface area contributed by atoms with Gasteiger partial charge in [-0.2, -0.15) is 0 Å². The normalized spacial score (nSPS) is 16.3. The molecule has 0 unspecified atom stereocenters. The quantitative estimate of drug-likeness (QED) is 0.874. The van der Waals surface area contributed by atoms with Crippen molar-refractivity contribution in [2.45, 2.75) is 6.04 Å². The lowest BCUT2D eigenvalue weighted by Crippen LogP contribution is -2.45. The molecule has 1 N–H and O–H groups in total.